The van der Waals surface area contributed by atoms with Gasteiger partial charge in [0.05, 0.1) is 0 Å². The Labute approximate surface area is 119 Å². The van der Waals surface area contributed by atoms with E-state index in [1.165, 1.54) is 29.7 Å². The molecule has 3 rings (SSSR count). The van der Waals surface area contributed by atoms with Crippen molar-refractivity contribution in [1.82, 2.24) is 5.32 Å². The molecular formula is C17H21NS. The molecule has 1 aromatic heterocycles. The predicted octanol–water partition coefficient (Wildman–Crippen LogP) is 4.27. The van der Waals surface area contributed by atoms with Gasteiger partial charge in [-0.3, -0.25) is 0 Å². The molecule has 0 bridgehead atoms. The Morgan fingerprint density at radius 2 is 2.16 bits per heavy atom. The minimum absolute atomic E-state index is 0.699. The molecular weight excluding hydrogens is 250 g/mol. The molecule has 2 heteroatoms. The highest BCUT2D eigenvalue weighted by Gasteiger charge is 2.19. The molecule has 1 aliphatic rings. The van der Waals surface area contributed by atoms with Crippen LogP contribution in [-0.2, 0) is 13.0 Å². The topological polar surface area (TPSA) is 12.0 Å². The van der Waals surface area contributed by atoms with E-state index in [0.717, 1.165) is 13.1 Å². The lowest BCUT2D eigenvalue weighted by atomic mass is 9.83. The van der Waals surface area contributed by atoms with Crippen molar-refractivity contribution in [2.75, 3.05) is 6.54 Å². The van der Waals surface area contributed by atoms with Crippen molar-refractivity contribution in [1.29, 1.82) is 0 Å². The van der Waals surface area contributed by atoms with E-state index in [-0.39, 0.29) is 0 Å². The first kappa shape index (κ1) is 12.9. The fourth-order valence-corrected chi connectivity index (χ4v) is 3.89. The molecule has 0 amide bonds. The van der Waals surface area contributed by atoms with Crippen molar-refractivity contribution in [3.8, 4) is 0 Å². The summed E-state index contributed by atoms with van der Waals surface area (Å²) in [6.07, 6.45) is 3.92. The lowest BCUT2D eigenvalue weighted by Gasteiger charge is -2.25. The van der Waals surface area contributed by atoms with E-state index in [9.17, 15) is 0 Å². The van der Waals surface area contributed by atoms with Gasteiger partial charge in [-0.05, 0) is 60.2 Å². The Balaban J connectivity index is 1.61. The van der Waals surface area contributed by atoms with Crippen LogP contribution in [0, 0.1) is 6.92 Å². The Bertz CT molecular complexity index is 544. The maximum atomic E-state index is 3.65. The summed E-state index contributed by atoms with van der Waals surface area (Å²) in [6.45, 7) is 4.32. The maximum Gasteiger partial charge on any atom is 0.0302 e. The van der Waals surface area contributed by atoms with Crippen LogP contribution >= 0.6 is 11.3 Å². The first-order valence-electron chi connectivity index (χ1n) is 7.16. The molecule has 1 nitrogen and oxygen atoms in total. The molecule has 19 heavy (non-hydrogen) atoms. The van der Waals surface area contributed by atoms with Gasteiger partial charge in [0.15, 0.2) is 0 Å². The third-order valence-electron chi connectivity index (χ3n) is 4.14. The zero-order valence-electron chi connectivity index (χ0n) is 11.5. The van der Waals surface area contributed by atoms with E-state index in [2.05, 4.69) is 48.0 Å². The monoisotopic (exact) mass is 271 g/mol. The van der Waals surface area contributed by atoms with Crippen molar-refractivity contribution in [3.63, 3.8) is 0 Å². The minimum Gasteiger partial charge on any atom is -0.311 e. The second-order valence-corrected chi connectivity index (χ2v) is 6.45. The van der Waals surface area contributed by atoms with Gasteiger partial charge < -0.3 is 5.32 Å². The van der Waals surface area contributed by atoms with Gasteiger partial charge in [-0.25, -0.2) is 0 Å². The summed E-state index contributed by atoms with van der Waals surface area (Å²) in [5.74, 6) is 0.699. The van der Waals surface area contributed by atoms with Crippen molar-refractivity contribution in [2.24, 2.45) is 0 Å². The number of aryl methyl sites for hydroxylation is 2. The fraction of sp³-hybridized carbons (Fsp3) is 0.412. The largest absolute Gasteiger partial charge is 0.311 e. The number of benzene rings is 1. The van der Waals surface area contributed by atoms with Gasteiger partial charge in [0.25, 0.3) is 0 Å². The quantitative estimate of drug-likeness (QED) is 0.876. The van der Waals surface area contributed by atoms with Gasteiger partial charge in [-0.15, -0.1) is 11.3 Å². The lowest BCUT2D eigenvalue weighted by molar-refractivity contribution is 0.508. The number of thiophene rings is 1. The average Bonchev–Trinajstić information content (AvgIpc) is 2.85. The fourth-order valence-electron chi connectivity index (χ4n) is 3.01. The molecule has 1 N–H and O–H groups in total. The van der Waals surface area contributed by atoms with Crippen LogP contribution in [0.5, 0.6) is 0 Å². The van der Waals surface area contributed by atoms with E-state index in [0.29, 0.717) is 5.92 Å². The van der Waals surface area contributed by atoms with Crippen LogP contribution in [-0.4, -0.2) is 6.54 Å². The second kappa shape index (κ2) is 5.89. The Morgan fingerprint density at radius 3 is 3.00 bits per heavy atom. The molecule has 0 saturated carbocycles. The molecule has 0 radical (unpaired) electrons. The molecule has 1 heterocycles. The normalized spacial score (nSPS) is 18.3. The maximum absolute atomic E-state index is 3.65. The highest BCUT2D eigenvalue weighted by molar-refractivity contribution is 7.10. The highest BCUT2D eigenvalue weighted by atomic mass is 32.1. The summed E-state index contributed by atoms with van der Waals surface area (Å²) in [5.41, 5.74) is 4.55. The Hall–Kier alpha value is -1.12. The third-order valence-corrected chi connectivity index (χ3v) is 5.16. The zero-order chi connectivity index (χ0) is 13.1. The van der Waals surface area contributed by atoms with Gasteiger partial charge >= 0.3 is 0 Å². The summed E-state index contributed by atoms with van der Waals surface area (Å²) in [5, 5.41) is 5.83. The molecule has 0 fully saturated rings. The SMILES string of the molecule is Cc1ccsc1CNCC1CCCc2ccccc21. The first-order valence-corrected chi connectivity index (χ1v) is 8.04. The molecule has 0 spiro atoms. The number of nitrogens with one attached hydrogen (secondary N) is 1. The minimum atomic E-state index is 0.699. The van der Waals surface area contributed by atoms with Crippen LogP contribution in [0.3, 0.4) is 0 Å². The predicted molar refractivity (Wildman–Crippen MR) is 82.9 cm³/mol. The van der Waals surface area contributed by atoms with E-state index in [4.69, 9.17) is 0 Å². The van der Waals surface area contributed by atoms with Gasteiger partial charge in [0.2, 0.25) is 0 Å². The second-order valence-electron chi connectivity index (χ2n) is 5.45. The van der Waals surface area contributed by atoms with Crippen molar-refractivity contribution in [3.05, 3.63) is 57.3 Å². The van der Waals surface area contributed by atoms with Crippen molar-refractivity contribution in [2.45, 2.75) is 38.6 Å². The van der Waals surface area contributed by atoms with E-state index in [1.54, 1.807) is 11.1 Å². The Kier molecular flexibility index (Phi) is 4.00. The summed E-state index contributed by atoms with van der Waals surface area (Å²) in [7, 11) is 0. The lowest BCUT2D eigenvalue weighted by Crippen LogP contribution is -2.24. The number of hydrogen-bond acceptors (Lipinski definition) is 2. The van der Waals surface area contributed by atoms with Gasteiger partial charge in [0.1, 0.15) is 0 Å². The van der Waals surface area contributed by atoms with Gasteiger partial charge in [-0.2, -0.15) is 0 Å². The summed E-state index contributed by atoms with van der Waals surface area (Å²) >= 11 is 1.86. The Morgan fingerprint density at radius 1 is 1.26 bits per heavy atom. The molecule has 100 valence electrons. The van der Waals surface area contributed by atoms with Gasteiger partial charge in [-0.1, -0.05) is 24.3 Å². The smallest absolute Gasteiger partial charge is 0.0302 e. The molecule has 1 atom stereocenters. The van der Waals surface area contributed by atoms with Crippen LogP contribution < -0.4 is 5.32 Å². The molecule has 0 saturated heterocycles. The van der Waals surface area contributed by atoms with E-state index < -0.39 is 0 Å². The average molecular weight is 271 g/mol. The highest BCUT2D eigenvalue weighted by Crippen LogP contribution is 2.30. The number of fused-ring (bicyclic) bond motifs is 1. The molecule has 1 aliphatic carbocycles. The van der Waals surface area contributed by atoms with Crippen LogP contribution in [0.1, 0.15) is 40.3 Å². The van der Waals surface area contributed by atoms with Crippen molar-refractivity contribution >= 4 is 11.3 Å². The number of rotatable bonds is 4. The van der Waals surface area contributed by atoms with Gasteiger partial charge in [0, 0.05) is 18.0 Å². The molecule has 0 aliphatic heterocycles. The first-order chi connectivity index (χ1) is 9.34. The molecule has 1 unspecified atom stereocenters. The summed E-state index contributed by atoms with van der Waals surface area (Å²) in [4.78, 5) is 1.48. The van der Waals surface area contributed by atoms with Crippen molar-refractivity contribution < 1.29 is 0 Å². The van der Waals surface area contributed by atoms with E-state index in [1.807, 2.05) is 11.3 Å². The van der Waals surface area contributed by atoms with Crippen LogP contribution in [0.25, 0.3) is 0 Å². The van der Waals surface area contributed by atoms with E-state index >= 15 is 0 Å². The molecule has 1 aromatic carbocycles. The zero-order valence-corrected chi connectivity index (χ0v) is 12.3. The standard InChI is InChI=1S/C17H21NS/c1-13-9-10-19-17(13)12-18-11-15-7-4-6-14-5-2-3-8-16(14)15/h2-3,5,8-10,15,18H,4,6-7,11-12H2,1H3. The number of hydrogen-bond donors (Lipinski definition) is 1. The van der Waals surface area contributed by atoms with Crippen LogP contribution in [0.4, 0.5) is 0 Å². The molecule has 2 aromatic rings. The third kappa shape index (κ3) is 2.90. The van der Waals surface area contributed by atoms with Crippen LogP contribution in [0.15, 0.2) is 35.7 Å². The van der Waals surface area contributed by atoms with Crippen LogP contribution in [0.2, 0.25) is 0 Å². The summed E-state index contributed by atoms with van der Waals surface area (Å²) in [6, 6.07) is 11.2. The summed E-state index contributed by atoms with van der Waals surface area (Å²) < 4.78 is 0.